The fourth-order valence-electron chi connectivity index (χ4n) is 3.56. The molecule has 3 N–H and O–H groups in total. The third kappa shape index (κ3) is 5.26. The van der Waals surface area contributed by atoms with Gasteiger partial charge in [0.1, 0.15) is 33.3 Å². The van der Waals surface area contributed by atoms with Gasteiger partial charge in [0.25, 0.3) is 18.8 Å². The lowest BCUT2D eigenvalue weighted by Crippen LogP contribution is -2.22. The Labute approximate surface area is 206 Å². The number of hydrogen-bond acceptors (Lipinski definition) is 5. The Morgan fingerprint density at radius 1 is 1.05 bits per heavy atom. The zero-order valence-corrected chi connectivity index (χ0v) is 19.0. The van der Waals surface area contributed by atoms with Crippen LogP contribution in [0.15, 0.2) is 42.5 Å². The molecular weight excluding hydrogens is 531 g/mol. The van der Waals surface area contributed by atoms with Crippen LogP contribution in [0.2, 0.25) is 0 Å². The second-order valence-corrected chi connectivity index (χ2v) is 8.57. The molecule has 0 aliphatic rings. The second kappa shape index (κ2) is 9.80. The summed E-state index contributed by atoms with van der Waals surface area (Å²) >= 11 is 0.493. The molecule has 0 fully saturated rings. The molecule has 0 atom stereocenters. The number of nitrogens with one attached hydrogen (secondary N) is 1. The number of anilines is 1. The molecule has 0 radical (unpaired) electrons. The lowest BCUT2D eigenvalue weighted by Gasteiger charge is -2.13. The Morgan fingerprint density at radius 3 is 2.30 bits per heavy atom. The van der Waals surface area contributed by atoms with Gasteiger partial charge in [0, 0.05) is 5.39 Å². The minimum Gasteiger partial charge on any atom is -0.365 e. The molecule has 15 heteroatoms. The van der Waals surface area contributed by atoms with Crippen molar-refractivity contribution in [3.63, 3.8) is 0 Å². The number of thiophene rings is 1. The zero-order valence-electron chi connectivity index (χ0n) is 18.2. The van der Waals surface area contributed by atoms with Crippen molar-refractivity contribution in [3.8, 4) is 11.1 Å². The Bertz CT molecular complexity index is 1480. The van der Waals surface area contributed by atoms with E-state index in [1.165, 1.54) is 12.1 Å². The Morgan fingerprint density at radius 2 is 1.73 bits per heavy atom. The molecule has 1 aromatic carbocycles. The molecule has 7 nitrogen and oxygen atoms in total. The van der Waals surface area contributed by atoms with E-state index in [-0.39, 0.29) is 26.3 Å². The molecule has 3 aromatic heterocycles. The Balaban J connectivity index is 1.84. The van der Waals surface area contributed by atoms with E-state index in [1.807, 2.05) is 0 Å². The molecule has 0 unspecified atom stereocenters. The van der Waals surface area contributed by atoms with Crippen LogP contribution in [0.5, 0.6) is 0 Å². The molecule has 4 aromatic rings. The van der Waals surface area contributed by atoms with Gasteiger partial charge in [-0.25, -0.2) is 22.5 Å². The monoisotopic (exact) mass is 545 g/mol. The fourth-order valence-corrected chi connectivity index (χ4v) is 4.56. The quantitative estimate of drug-likeness (QED) is 0.287. The normalized spacial score (nSPS) is 12.0. The summed E-state index contributed by atoms with van der Waals surface area (Å²) in [5.74, 6) is -2.18. The first kappa shape index (κ1) is 26.1. The SMILES string of the molecule is NC(=O)c1sc2nc(C(F)(F)F)cc(-c3ccccc3)c2c1NC(=O)Cn1nc(C(F)F)cc1C(F)F. The van der Waals surface area contributed by atoms with Crippen molar-refractivity contribution in [2.24, 2.45) is 5.73 Å². The molecule has 0 aliphatic carbocycles. The number of fused-ring (bicyclic) bond motifs is 1. The van der Waals surface area contributed by atoms with Crippen LogP contribution in [-0.2, 0) is 17.5 Å². The predicted octanol–water partition coefficient (Wildman–Crippen LogP) is 5.79. The van der Waals surface area contributed by atoms with Crippen LogP contribution < -0.4 is 11.1 Å². The topological polar surface area (TPSA) is 103 Å². The van der Waals surface area contributed by atoms with Crippen molar-refractivity contribution in [1.82, 2.24) is 14.8 Å². The van der Waals surface area contributed by atoms with Gasteiger partial charge >= 0.3 is 6.18 Å². The zero-order chi connectivity index (χ0) is 27.1. The van der Waals surface area contributed by atoms with Crippen LogP contribution >= 0.6 is 11.3 Å². The van der Waals surface area contributed by atoms with Gasteiger partial charge in [0.2, 0.25) is 5.91 Å². The second-order valence-electron chi connectivity index (χ2n) is 7.57. The summed E-state index contributed by atoms with van der Waals surface area (Å²) in [6, 6.07) is 8.91. The van der Waals surface area contributed by atoms with Gasteiger partial charge in [-0.3, -0.25) is 14.3 Å². The average Bonchev–Trinajstić information content (AvgIpc) is 3.41. The summed E-state index contributed by atoms with van der Waals surface area (Å²) in [5, 5.41) is 5.57. The van der Waals surface area contributed by atoms with Crippen molar-refractivity contribution in [2.45, 2.75) is 25.6 Å². The summed E-state index contributed by atoms with van der Waals surface area (Å²) in [4.78, 5) is 27.8. The molecule has 194 valence electrons. The molecular formula is C22H14F7N5O2S. The summed E-state index contributed by atoms with van der Waals surface area (Å²) in [7, 11) is 0. The number of pyridine rings is 1. The number of benzene rings is 1. The van der Waals surface area contributed by atoms with Crippen molar-refractivity contribution >= 4 is 39.1 Å². The Kier molecular flexibility index (Phi) is 6.90. The molecule has 2 amide bonds. The van der Waals surface area contributed by atoms with E-state index in [2.05, 4.69) is 15.4 Å². The molecule has 0 saturated carbocycles. The number of nitrogens with zero attached hydrogens (tertiary/aromatic N) is 3. The van der Waals surface area contributed by atoms with Crippen molar-refractivity contribution in [1.29, 1.82) is 0 Å². The number of aromatic nitrogens is 3. The Hall–Kier alpha value is -4.01. The van der Waals surface area contributed by atoms with Gasteiger partial charge in [0.05, 0.1) is 5.69 Å². The van der Waals surface area contributed by atoms with Gasteiger partial charge in [-0.15, -0.1) is 11.3 Å². The first-order valence-electron chi connectivity index (χ1n) is 10.2. The highest BCUT2D eigenvalue weighted by atomic mass is 32.1. The van der Waals surface area contributed by atoms with E-state index in [1.54, 1.807) is 18.2 Å². The van der Waals surface area contributed by atoms with Crippen LogP contribution in [0.25, 0.3) is 21.3 Å². The molecule has 0 aliphatic heterocycles. The molecule has 0 bridgehead atoms. The van der Waals surface area contributed by atoms with E-state index in [4.69, 9.17) is 5.73 Å². The van der Waals surface area contributed by atoms with E-state index in [9.17, 15) is 40.3 Å². The number of nitrogens with two attached hydrogens (primary N) is 1. The standard InChI is InChI=1S/C22H14F7N5O2S/c23-18(24)11-7-12(19(25)26)34(33-11)8-14(35)32-16-15-10(9-4-2-1-3-5-9)6-13(22(27,28)29)31-21(15)37-17(16)20(30)36/h1-7,18-19H,8H2,(H2,30,36)(H,32,35). The third-order valence-corrected chi connectivity index (χ3v) is 6.19. The van der Waals surface area contributed by atoms with Gasteiger partial charge in [-0.05, 0) is 23.3 Å². The number of rotatable bonds is 7. The van der Waals surface area contributed by atoms with Crippen LogP contribution in [0.3, 0.4) is 0 Å². The number of alkyl halides is 7. The smallest absolute Gasteiger partial charge is 0.365 e. The predicted molar refractivity (Wildman–Crippen MR) is 119 cm³/mol. The van der Waals surface area contributed by atoms with E-state index < -0.39 is 54.5 Å². The van der Waals surface area contributed by atoms with E-state index in [0.717, 1.165) is 6.07 Å². The highest BCUT2D eigenvalue weighted by Crippen LogP contribution is 2.43. The average molecular weight is 545 g/mol. The molecule has 37 heavy (non-hydrogen) atoms. The number of primary amides is 1. The highest BCUT2D eigenvalue weighted by molar-refractivity contribution is 7.21. The van der Waals surface area contributed by atoms with Crippen LogP contribution in [0.4, 0.5) is 36.4 Å². The van der Waals surface area contributed by atoms with Crippen LogP contribution in [0, 0.1) is 0 Å². The summed E-state index contributed by atoms with van der Waals surface area (Å²) in [5.41, 5.74) is 2.17. The molecule has 0 saturated heterocycles. The highest BCUT2D eigenvalue weighted by Gasteiger charge is 2.35. The van der Waals surface area contributed by atoms with Gasteiger partial charge in [-0.1, -0.05) is 30.3 Å². The first-order valence-corrected chi connectivity index (χ1v) is 11.0. The van der Waals surface area contributed by atoms with Crippen molar-refractivity contribution in [3.05, 3.63) is 64.4 Å². The number of carbonyl (C=O) groups is 2. The first-order chi connectivity index (χ1) is 17.4. The summed E-state index contributed by atoms with van der Waals surface area (Å²) < 4.78 is 93.5. The number of carbonyl (C=O) groups excluding carboxylic acids is 2. The minimum absolute atomic E-state index is 0.0377. The lowest BCUT2D eigenvalue weighted by atomic mass is 10.0. The minimum atomic E-state index is -4.84. The number of halogens is 7. The summed E-state index contributed by atoms with van der Waals surface area (Å²) in [6.07, 6.45) is -11.2. The molecule has 4 rings (SSSR count). The largest absolute Gasteiger partial charge is 0.433 e. The summed E-state index contributed by atoms with van der Waals surface area (Å²) in [6.45, 7) is -0.962. The molecule has 3 heterocycles. The fraction of sp³-hybridized carbons (Fsp3) is 0.182. The van der Waals surface area contributed by atoms with Gasteiger partial charge < -0.3 is 11.1 Å². The molecule has 0 spiro atoms. The number of hydrogen-bond donors (Lipinski definition) is 2. The maximum Gasteiger partial charge on any atom is 0.433 e. The van der Waals surface area contributed by atoms with E-state index in [0.29, 0.717) is 27.6 Å². The van der Waals surface area contributed by atoms with E-state index >= 15 is 0 Å². The van der Waals surface area contributed by atoms with Gasteiger partial charge in [0.15, 0.2) is 0 Å². The van der Waals surface area contributed by atoms with Gasteiger partial charge in [-0.2, -0.15) is 18.3 Å². The maximum absolute atomic E-state index is 13.5. The van der Waals surface area contributed by atoms with Crippen LogP contribution in [0.1, 0.15) is 39.6 Å². The number of amides is 2. The third-order valence-electron chi connectivity index (χ3n) is 5.10. The van der Waals surface area contributed by atoms with Crippen LogP contribution in [-0.4, -0.2) is 26.6 Å². The maximum atomic E-state index is 13.5. The van der Waals surface area contributed by atoms with Crippen molar-refractivity contribution in [2.75, 3.05) is 5.32 Å². The van der Waals surface area contributed by atoms with Crippen molar-refractivity contribution < 1.29 is 40.3 Å². The lowest BCUT2D eigenvalue weighted by molar-refractivity contribution is -0.140.